The van der Waals surface area contributed by atoms with Crippen molar-refractivity contribution in [3.8, 4) is 0 Å². The van der Waals surface area contributed by atoms with Crippen LogP contribution in [0.25, 0.3) is 0 Å². The first-order valence-electron chi connectivity index (χ1n) is 6.21. The van der Waals surface area contributed by atoms with E-state index in [1.54, 1.807) is 11.3 Å². The van der Waals surface area contributed by atoms with Gasteiger partial charge in [-0.3, -0.25) is 4.90 Å². The summed E-state index contributed by atoms with van der Waals surface area (Å²) in [6.07, 6.45) is 4.53. The number of hydrogen-bond donors (Lipinski definition) is 1. The number of anilines is 1. The summed E-state index contributed by atoms with van der Waals surface area (Å²) in [6, 6.07) is 0. The molecule has 0 unspecified atom stereocenters. The summed E-state index contributed by atoms with van der Waals surface area (Å²) in [5.74, 6) is 0.868. The quantitative estimate of drug-likeness (QED) is 0.920. The fourth-order valence-corrected chi connectivity index (χ4v) is 3.19. The normalized spacial score (nSPS) is 17.9. The van der Waals surface area contributed by atoms with Crippen LogP contribution in [0.4, 0.5) is 5.13 Å². The molecule has 2 N–H and O–H groups in total. The predicted molar refractivity (Wildman–Crippen MR) is 80.3 cm³/mol. The van der Waals surface area contributed by atoms with E-state index in [9.17, 15) is 0 Å². The molecule has 1 aliphatic rings. The van der Waals surface area contributed by atoms with Crippen LogP contribution in [0, 0.1) is 5.92 Å². The molecule has 0 saturated carbocycles. The van der Waals surface area contributed by atoms with Crippen molar-refractivity contribution in [2.45, 2.75) is 19.4 Å². The Balaban J connectivity index is 0.00000162. The van der Waals surface area contributed by atoms with Crippen LogP contribution < -0.4 is 5.73 Å². The fraction of sp³-hybridized carbons (Fsp3) is 0.750. The second-order valence-corrected chi connectivity index (χ2v) is 6.29. The number of likely N-dealkylation sites (tertiary alicyclic amines) is 1. The first kappa shape index (κ1) is 15.7. The first-order chi connectivity index (χ1) is 8.13. The SMILES string of the molecule is CN(C)CC1CCN(Cc2cnc(N)s2)CC1.Cl. The van der Waals surface area contributed by atoms with Gasteiger partial charge in [0.1, 0.15) is 0 Å². The van der Waals surface area contributed by atoms with E-state index >= 15 is 0 Å². The molecular formula is C12H23ClN4S. The summed E-state index contributed by atoms with van der Waals surface area (Å²) < 4.78 is 0. The van der Waals surface area contributed by atoms with Gasteiger partial charge < -0.3 is 10.6 Å². The molecule has 18 heavy (non-hydrogen) atoms. The number of hydrogen-bond acceptors (Lipinski definition) is 5. The fourth-order valence-electron chi connectivity index (χ4n) is 2.46. The van der Waals surface area contributed by atoms with Gasteiger partial charge in [-0.15, -0.1) is 23.7 Å². The second-order valence-electron chi connectivity index (χ2n) is 5.15. The molecule has 104 valence electrons. The lowest BCUT2D eigenvalue weighted by Crippen LogP contribution is -2.36. The van der Waals surface area contributed by atoms with Crippen LogP contribution in [0.15, 0.2) is 6.20 Å². The van der Waals surface area contributed by atoms with E-state index in [-0.39, 0.29) is 12.4 Å². The van der Waals surface area contributed by atoms with E-state index in [0.29, 0.717) is 5.13 Å². The summed E-state index contributed by atoms with van der Waals surface area (Å²) in [4.78, 5) is 10.2. The van der Waals surface area contributed by atoms with Crippen molar-refractivity contribution in [3.63, 3.8) is 0 Å². The molecule has 1 aromatic rings. The number of thiazole rings is 1. The monoisotopic (exact) mass is 290 g/mol. The standard InChI is InChI=1S/C12H22N4S.ClH/c1-15(2)8-10-3-5-16(6-4-10)9-11-7-14-12(13)17-11;/h7,10H,3-6,8-9H2,1-2H3,(H2,13,14);1H. The maximum atomic E-state index is 5.64. The smallest absolute Gasteiger partial charge is 0.180 e. The Morgan fingerprint density at radius 2 is 2.11 bits per heavy atom. The summed E-state index contributed by atoms with van der Waals surface area (Å²) >= 11 is 1.61. The molecule has 0 spiro atoms. The van der Waals surface area contributed by atoms with Gasteiger partial charge in [0, 0.05) is 24.2 Å². The van der Waals surface area contributed by atoms with Crippen molar-refractivity contribution in [1.29, 1.82) is 0 Å². The summed E-state index contributed by atoms with van der Waals surface area (Å²) in [7, 11) is 4.32. The van der Waals surface area contributed by atoms with E-state index < -0.39 is 0 Å². The number of piperidine rings is 1. The van der Waals surface area contributed by atoms with Gasteiger partial charge in [-0.25, -0.2) is 4.98 Å². The third kappa shape index (κ3) is 4.72. The maximum Gasteiger partial charge on any atom is 0.180 e. The number of rotatable bonds is 4. The van der Waals surface area contributed by atoms with Crippen LogP contribution in [-0.4, -0.2) is 48.5 Å². The van der Waals surface area contributed by atoms with E-state index in [4.69, 9.17) is 5.73 Å². The number of nitrogens with two attached hydrogens (primary N) is 1. The average molecular weight is 291 g/mol. The molecule has 2 heterocycles. The molecule has 1 aromatic heterocycles. The minimum atomic E-state index is 0. The van der Waals surface area contributed by atoms with Gasteiger partial charge in [0.2, 0.25) is 0 Å². The van der Waals surface area contributed by atoms with Gasteiger partial charge in [0.05, 0.1) is 0 Å². The molecule has 0 atom stereocenters. The first-order valence-corrected chi connectivity index (χ1v) is 7.02. The Bertz CT molecular complexity index is 348. The van der Waals surface area contributed by atoms with Gasteiger partial charge >= 0.3 is 0 Å². The van der Waals surface area contributed by atoms with Crippen molar-refractivity contribution in [2.24, 2.45) is 5.92 Å². The van der Waals surface area contributed by atoms with Crippen LogP contribution >= 0.6 is 23.7 Å². The lowest BCUT2D eigenvalue weighted by Gasteiger charge is -2.32. The Hall–Kier alpha value is -0.360. The Kier molecular flexibility index (Phi) is 6.35. The molecule has 0 radical (unpaired) electrons. The van der Waals surface area contributed by atoms with Crippen LogP contribution in [0.1, 0.15) is 17.7 Å². The van der Waals surface area contributed by atoms with Crippen LogP contribution in [0.2, 0.25) is 0 Å². The van der Waals surface area contributed by atoms with Crippen molar-refractivity contribution in [3.05, 3.63) is 11.1 Å². The Morgan fingerprint density at radius 3 is 2.61 bits per heavy atom. The van der Waals surface area contributed by atoms with E-state index in [1.807, 2.05) is 6.20 Å². The molecule has 2 rings (SSSR count). The minimum absolute atomic E-state index is 0. The lowest BCUT2D eigenvalue weighted by molar-refractivity contribution is 0.158. The number of halogens is 1. The highest BCUT2D eigenvalue weighted by Gasteiger charge is 2.20. The average Bonchev–Trinajstić information content (AvgIpc) is 2.66. The third-order valence-corrected chi connectivity index (χ3v) is 4.09. The lowest BCUT2D eigenvalue weighted by atomic mass is 9.96. The molecular weight excluding hydrogens is 268 g/mol. The van der Waals surface area contributed by atoms with Crippen molar-refractivity contribution >= 4 is 28.9 Å². The summed E-state index contributed by atoms with van der Waals surface area (Å²) in [5.41, 5.74) is 5.64. The van der Waals surface area contributed by atoms with E-state index in [0.717, 1.165) is 12.5 Å². The Morgan fingerprint density at radius 1 is 1.44 bits per heavy atom. The molecule has 1 fully saturated rings. The van der Waals surface area contributed by atoms with Gasteiger partial charge in [0.25, 0.3) is 0 Å². The minimum Gasteiger partial charge on any atom is -0.375 e. The van der Waals surface area contributed by atoms with Crippen molar-refractivity contribution in [1.82, 2.24) is 14.8 Å². The van der Waals surface area contributed by atoms with Crippen LogP contribution in [-0.2, 0) is 6.54 Å². The van der Waals surface area contributed by atoms with Crippen molar-refractivity contribution < 1.29 is 0 Å². The zero-order valence-corrected chi connectivity index (χ0v) is 12.8. The number of nitrogens with zero attached hydrogens (tertiary/aromatic N) is 3. The number of aromatic nitrogens is 1. The predicted octanol–water partition coefficient (Wildman–Crippen LogP) is 1.92. The molecule has 0 aromatic carbocycles. The molecule has 0 amide bonds. The third-order valence-electron chi connectivity index (χ3n) is 3.28. The highest BCUT2D eigenvalue weighted by atomic mass is 35.5. The highest BCUT2D eigenvalue weighted by molar-refractivity contribution is 7.15. The van der Waals surface area contributed by atoms with E-state index in [1.165, 1.54) is 37.4 Å². The molecule has 0 aliphatic carbocycles. The van der Waals surface area contributed by atoms with Crippen molar-refractivity contribution in [2.75, 3.05) is 39.5 Å². The molecule has 1 aliphatic heterocycles. The topological polar surface area (TPSA) is 45.4 Å². The van der Waals surface area contributed by atoms with Crippen LogP contribution in [0.5, 0.6) is 0 Å². The van der Waals surface area contributed by atoms with Gasteiger partial charge in [0.15, 0.2) is 5.13 Å². The summed E-state index contributed by atoms with van der Waals surface area (Å²) in [6.45, 7) is 4.65. The second kappa shape index (κ2) is 7.28. The van der Waals surface area contributed by atoms with Gasteiger partial charge in [-0.05, 0) is 45.9 Å². The van der Waals surface area contributed by atoms with Gasteiger partial charge in [-0.2, -0.15) is 0 Å². The molecule has 1 saturated heterocycles. The summed E-state index contributed by atoms with van der Waals surface area (Å²) in [5, 5.41) is 0.683. The van der Waals surface area contributed by atoms with Crippen LogP contribution in [0.3, 0.4) is 0 Å². The maximum absolute atomic E-state index is 5.64. The zero-order valence-electron chi connectivity index (χ0n) is 11.1. The van der Waals surface area contributed by atoms with Gasteiger partial charge in [-0.1, -0.05) is 0 Å². The Labute approximate surface area is 120 Å². The highest BCUT2D eigenvalue weighted by Crippen LogP contribution is 2.22. The largest absolute Gasteiger partial charge is 0.375 e. The van der Waals surface area contributed by atoms with E-state index in [2.05, 4.69) is 28.9 Å². The molecule has 4 nitrogen and oxygen atoms in total. The molecule has 6 heteroatoms. The zero-order chi connectivity index (χ0) is 12.3. The number of nitrogen functional groups attached to an aromatic ring is 1. The molecule has 0 bridgehead atoms.